The molecule has 1 fully saturated rings. The summed E-state index contributed by atoms with van der Waals surface area (Å²) >= 11 is 0. The van der Waals surface area contributed by atoms with Gasteiger partial charge in [-0.2, -0.15) is 0 Å². The van der Waals surface area contributed by atoms with Crippen molar-refractivity contribution in [2.75, 3.05) is 39.8 Å². The van der Waals surface area contributed by atoms with Crippen molar-refractivity contribution in [3.8, 4) is 0 Å². The molecule has 100 valence electrons. The van der Waals surface area contributed by atoms with Gasteiger partial charge in [-0.1, -0.05) is 0 Å². The number of rotatable bonds is 4. The number of nitrogens with two attached hydrogens (primary N) is 1. The summed E-state index contributed by atoms with van der Waals surface area (Å²) in [5.74, 6) is -0.344. The van der Waals surface area contributed by atoms with Crippen molar-refractivity contribution in [3.63, 3.8) is 0 Å². The second-order valence-electron chi connectivity index (χ2n) is 5.31. The molecule has 1 heterocycles. The minimum absolute atomic E-state index is 0.344. The van der Waals surface area contributed by atoms with E-state index in [-0.39, 0.29) is 5.97 Å². The monoisotopic (exact) mass is 243 g/mol. The second kappa shape index (κ2) is 5.80. The van der Waals surface area contributed by atoms with Crippen molar-refractivity contribution in [1.29, 1.82) is 0 Å². The van der Waals surface area contributed by atoms with E-state index in [1.54, 1.807) is 6.92 Å². The van der Waals surface area contributed by atoms with E-state index in [9.17, 15) is 4.79 Å². The molecule has 17 heavy (non-hydrogen) atoms. The summed E-state index contributed by atoms with van der Waals surface area (Å²) in [6, 6.07) is 0.585. The zero-order valence-electron chi connectivity index (χ0n) is 11.4. The van der Waals surface area contributed by atoms with Crippen LogP contribution in [-0.2, 0) is 9.53 Å². The van der Waals surface area contributed by atoms with Gasteiger partial charge in [0.2, 0.25) is 0 Å². The van der Waals surface area contributed by atoms with E-state index in [0.717, 1.165) is 26.2 Å². The minimum Gasteiger partial charge on any atom is -0.468 e. The number of ether oxygens (including phenoxy) is 1. The molecule has 1 atom stereocenters. The molecule has 5 nitrogen and oxygen atoms in total. The Kier molecular flexibility index (Phi) is 4.91. The average Bonchev–Trinajstić information content (AvgIpc) is 2.28. The smallest absolute Gasteiger partial charge is 0.326 e. The molecule has 1 aliphatic rings. The zero-order chi connectivity index (χ0) is 13.1. The SMILES string of the molecule is COC(=O)C(C)(N)CN1CCN(C(C)C)CC1. The first-order valence-corrected chi connectivity index (χ1v) is 6.20. The first kappa shape index (κ1) is 14.4. The van der Waals surface area contributed by atoms with Gasteiger partial charge >= 0.3 is 5.97 Å². The standard InChI is InChI=1S/C12H25N3O2/c1-10(2)15-7-5-14(6-8-15)9-12(3,13)11(16)17-4/h10H,5-9,13H2,1-4H3. The highest BCUT2D eigenvalue weighted by Gasteiger charge is 2.33. The molecule has 0 aromatic rings. The van der Waals surface area contributed by atoms with Crippen molar-refractivity contribution in [3.05, 3.63) is 0 Å². The molecule has 1 aliphatic heterocycles. The zero-order valence-corrected chi connectivity index (χ0v) is 11.4. The van der Waals surface area contributed by atoms with Crippen LogP contribution in [0.4, 0.5) is 0 Å². The molecular weight excluding hydrogens is 218 g/mol. The maximum atomic E-state index is 11.5. The average molecular weight is 243 g/mol. The van der Waals surface area contributed by atoms with Gasteiger partial charge in [-0.3, -0.25) is 14.6 Å². The molecule has 0 aromatic heterocycles. The topological polar surface area (TPSA) is 58.8 Å². The Labute approximate surface area is 104 Å². The molecule has 1 rings (SSSR count). The molecule has 0 aromatic carbocycles. The number of hydrogen-bond acceptors (Lipinski definition) is 5. The van der Waals surface area contributed by atoms with Crippen LogP contribution >= 0.6 is 0 Å². The number of nitrogens with zero attached hydrogens (tertiary/aromatic N) is 2. The summed E-state index contributed by atoms with van der Waals surface area (Å²) in [6.45, 7) is 10.7. The van der Waals surface area contributed by atoms with Crippen LogP contribution in [0.3, 0.4) is 0 Å². The summed E-state index contributed by atoms with van der Waals surface area (Å²) in [4.78, 5) is 16.2. The van der Waals surface area contributed by atoms with Crippen LogP contribution in [-0.4, -0.2) is 67.2 Å². The highest BCUT2D eigenvalue weighted by Crippen LogP contribution is 2.10. The lowest BCUT2D eigenvalue weighted by Crippen LogP contribution is -2.58. The van der Waals surface area contributed by atoms with Crippen molar-refractivity contribution >= 4 is 5.97 Å². The molecular formula is C12H25N3O2. The molecule has 5 heteroatoms. The van der Waals surface area contributed by atoms with E-state index in [1.807, 2.05) is 0 Å². The predicted octanol–water partition coefficient (Wildman–Crippen LogP) is -0.0972. The van der Waals surface area contributed by atoms with Gasteiger partial charge in [0.1, 0.15) is 5.54 Å². The third-order valence-electron chi connectivity index (χ3n) is 3.34. The summed E-state index contributed by atoms with van der Waals surface area (Å²) < 4.78 is 4.71. The highest BCUT2D eigenvalue weighted by atomic mass is 16.5. The van der Waals surface area contributed by atoms with E-state index in [4.69, 9.17) is 10.5 Å². The number of hydrogen-bond donors (Lipinski definition) is 1. The van der Waals surface area contributed by atoms with E-state index in [0.29, 0.717) is 12.6 Å². The fourth-order valence-corrected chi connectivity index (χ4v) is 2.20. The van der Waals surface area contributed by atoms with Crippen LogP contribution in [0.5, 0.6) is 0 Å². The Morgan fingerprint density at radius 1 is 1.35 bits per heavy atom. The molecule has 0 radical (unpaired) electrons. The van der Waals surface area contributed by atoms with Gasteiger partial charge in [-0.25, -0.2) is 0 Å². The molecule has 1 unspecified atom stereocenters. The van der Waals surface area contributed by atoms with Gasteiger partial charge in [0.15, 0.2) is 0 Å². The van der Waals surface area contributed by atoms with Crippen LogP contribution in [0.2, 0.25) is 0 Å². The largest absolute Gasteiger partial charge is 0.468 e. The van der Waals surface area contributed by atoms with E-state index >= 15 is 0 Å². The fourth-order valence-electron chi connectivity index (χ4n) is 2.20. The maximum absolute atomic E-state index is 11.5. The number of piperazine rings is 1. The first-order valence-electron chi connectivity index (χ1n) is 6.20. The van der Waals surface area contributed by atoms with Gasteiger partial charge in [-0.15, -0.1) is 0 Å². The summed E-state index contributed by atoms with van der Waals surface area (Å²) in [5.41, 5.74) is 5.06. The molecule has 0 bridgehead atoms. The van der Waals surface area contributed by atoms with E-state index < -0.39 is 5.54 Å². The summed E-state index contributed by atoms with van der Waals surface area (Å²) in [6.07, 6.45) is 0. The number of carbonyl (C=O) groups excluding carboxylic acids is 1. The van der Waals surface area contributed by atoms with Crippen molar-refractivity contribution in [2.45, 2.75) is 32.4 Å². The number of esters is 1. The Morgan fingerprint density at radius 3 is 2.29 bits per heavy atom. The molecule has 0 saturated carbocycles. The number of methoxy groups -OCH3 is 1. The first-order chi connectivity index (χ1) is 7.86. The predicted molar refractivity (Wildman–Crippen MR) is 67.8 cm³/mol. The van der Waals surface area contributed by atoms with E-state index in [1.165, 1.54) is 7.11 Å². The van der Waals surface area contributed by atoms with Gasteiger partial charge < -0.3 is 10.5 Å². The van der Waals surface area contributed by atoms with Crippen molar-refractivity contribution in [1.82, 2.24) is 9.80 Å². The third kappa shape index (κ3) is 3.94. The highest BCUT2D eigenvalue weighted by molar-refractivity contribution is 5.80. The number of carbonyl (C=O) groups is 1. The Hall–Kier alpha value is -0.650. The van der Waals surface area contributed by atoms with Crippen LogP contribution in [0.15, 0.2) is 0 Å². The quantitative estimate of drug-likeness (QED) is 0.699. The third-order valence-corrected chi connectivity index (χ3v) is 3.34. The lowest BCUT2D eigenvalue weighted by molar-refractivity contribution is -0.147. The van der Waals surface area contributed by atoms with E-state index in [2.05, 4.69) is 23.6 Å². The fraction of sp³-hybridized carbons (Fsp3) is 0.917. The van der Waals surface area contributed by atoms with Gasteiger partial charge in [0, 0.05) is 38.8 Å². The van der Waals surface area contributed by atoms with Crippen molar-refractivity contribution < 1.29 is 9.53 Å². The van der Waals surface area contributed by atoms with Crippen LogP contribution < -0.4 is 5.73 Å². The van der Waals surface area contributed by atoms with Crippen molar-refractivity contribution in [2.24, 2.45) is 5.73 Å². The maximum Gasteiger partial charge on any atom is 0.326 e. The van der Waals surface area contributed by atoms with Crippen LogP contribution in [0.1, 0.15) is 20.8 Å². The molecule has 0 spiro atoms. The van der Waals surface area contributed by atoms with Gasteiger partial charge in [0.05, 0.1) is 7.11 Å². The summed E-state index contributed by atoms with van der Waals surface area (Å²) in [5, 5.41) is 0. The van der Waals surface area contributed by atoms with Gasteiger partial charge in [-0.05, 0) is 20.8 Å². The lowest BCUT2D eigenvalue weighted by Gasteiger charge is -2.39. The molecule has 1 saturated heterocycles. The molecule has 0 amide bonds. The Morgan fingerprint density at radius 2 is 1.88 bits per heavy atom. The van der Waals surface area contributed by atoms with Crippen LogP contribution in [0.25, 0.3) is 0 Å². The summed E-state index contributed by atoms with van der Waals surface area (Å²) in [7, 11) is 1.38. The Bertz CT molecular complexity index is 258. The minimum atomic E-state index is -0.908. The Balaban J connectivity index is 2.42. The van der Waals surface area contributed by atoms with Crippen LogP contribution in [0, 0.1) is 0 Å². The molecule has 0 aliphatic carbocycles. The normalized spacial score (nSPS) is 22.5. The molecule has 2 N–H and O–H groups in total. The lowest BCUT2D eigenvalue weighted by atomic mass is 10.0. The second-order valence-corrected chi connectivity index (χ2v) is 5.31. The van der Waals surface area contributed by atoms with Gasteiger partial charge in [0.25, 0.3) is 0 Å².